The third-order valence-corrected chi connectivity index (χ3v) is 3.72. The summed E-state index contributed by atoms with van der Waals surface area (Å²) in [4.78, 5) is 0. The molecule has 2 aromatic carbocycles. The average Bonchev–Trinajstić information content (AvgIpc) is 2.98. The van der Waals surface area contributed by atoms with Crippen LogP contribution in [0.1, 0.15) is 0 Å². The van der Waals surface area contributed by atoms with Crippen LogP contribution in [-0.2, 0) is 0 Å². The molecule has 0 radical (unpaired) electrons. The largest absolute Gasteiger partial charge is 0.497 e. The van der Waals surface area contributed by atoms with E-state index in [9.17, 15) is 0 Å². The molecule has 3 heteroatoms. The van der Waals surface area contributed by atoms with Crippen LogP contribution in [0.25, 0.3) is 22.0 Å². The van der Waals surface area contributed by atoms with E-state index < -0.39 is 0 Å². The first-order chi connectivity index (χ1) is 9.36. The van der Waals surface area contributed by atoms with Crippen LogP contribution in [0.5, 0.6) is 5.75 Å². The lowest BCUT2D eigenvalue weighted by Gasteiger charge is -1.96. The zero-order valence-electron chi connectivity index (χ0n) is 10.5. The smallest absolute Gasteiger partial charge is 0.417 e. The van der Waals surface area contributed by atoms with Gasteiger partial charge in [-0.05, 0) is 47.7 Å². The molecule has 19 heavy (non-hydrogen) atoms. The number of methoxy groups -OCH3 is 1. The number of hydrogen-bond acceptors (Lipinski definition) is 2. The Morgan fingerprint density at radius 2 is 1.63 bits per heavy atom. The molecule has 3 rings (SSSR count). The Morgan fingerprint density at radius 1 is 0.895 bits per heavy atom. The van der Waals surface area contributed by atoms with Gasteiger partial charge >= 0.3 is 10.8 Å². The third kappa shape index (κ3) is 2.51. The van der Waals surface area contributed by atoms with Crippen LogP contribution >= 0.6 is 11.3 Å². The van der Waals surface area contributed by atoms with E-state index in [1.54, 1.807) is 18.4 Å². The fourth-order valence-electron chi connectivity index (χ4n) is 1.84. The monoisotopic (exact) mass is 269 g/mol. The van der Waals surface area contributed by atoms with Crippen LogP contribution in [-0.4, -0.2) is 7.11 Å². The molecule has 0 bridgehead atoms. The van der Waals surface area contributed by atoms with E-state index >= 15 is 0 Å². The van der Waals surface area contributed by atoms with Crippen LogP contribution in [0.3, 0.4) is 0 Å². The van der Waals surface area contributed by atoms with Gasteiger partial charge in [0.05, 0.1) is 18.2 Å². The first-order valence-corrected chi connectivity index (χ1v) is 6.86. The van der Waals surface area contributed by atoms with E-state index in [1.165, 1.54) is 0 Å². The highest BCUT2D eigenvalue weighted by molar-refractivity contribution is 7.13. The van der Waals surface area contributed by atoms with Gasteiger partial charge in [0.15, 0.2) is 0 Å². The molecule has 0 spiro atoms. The van der Waals surface area contributed by atoms with Gasteiger partial charge in [0, 0.05) is 0 Å². The molecule has 3 aromatic rings. The van der Waals surface area contributed by atoms with Crippen molar-refractivity contribution in [1.29, 1.82) is 0 Å². The molecule has 0 aliphatic carbocycles. The van der Waals surface area contributed by atoms with Crippen molar-refractivity contribution in [2.45, 2.75) is 0 Å². The Kier molecular flexibility index (Phi) is 3.29. The van der Waals surface area contributed by atoms with Crippen LogP contribution < -0.4 is 4.74 Å². The summed E-state index contributed by atoms with van der Waals surface area (Å²) in [7, 11) is 1.66. The van der Waals surface area contributed by atoms with E-state index in [-0.39, 0.29) is 0 Å². The number of rotatable bonds is 3. The van der Waals surface area contributed by atoms with Gasteiger partial charge in [-0.25, -0.2) is 0 Å². The molecule has 0 N–H and O–H groups in total. The second-order valence-corrected chi connectivity index (χ2v) is 4.93. The van der Waals surface area contributed by atoms with E-state index in [0.29, 0.717) is 0 Å². The Bertz CT molecular complexity index is 657. The van der Waals surface area contributed by atoms with Crippen molar-refractivity contribution >= 4 is 11.3 Å². The minimum atomic E-state index is 0.851. The van der Waals surface area contributed by atoms with Crippen molar-refractivity contribution < 1.29 is 9.15 Å². The summed E-state index contributed by atoms with van der Waals surface area (Å²) in [6, 6.07) is 18.0. The molecule has 1 heterocycles. The third-order valence-electron chi connectivity index (χ3n) is 2.86. The molecule has 94 valence electrons. The highest BCUT2D eigenvalue weighted by Gasteiger charge is 2.20. The van der Waals surface area contributed by atoms with Crippen LogP contribution in [0.4, 0.5) is 0 Å². The molecular weight excluding hydrogens is 256 g/mol. The first-order valence-electron chi connectivity index (χ1n) is 5.98. The van der Waals surface area contributed by atoms with Crippen LogP contribution in [0, 0.1) is 0 Å². The maximum atomic E-state index is 5.91. The van der Waals surface area contributed by atoms with Gasteiger partial charge in [-0.3, -0.25) is 0 Å². The molecule has 0 amide bonds. The van der Waals surface area contributed by atoms with Gasteiger partial charge in [-0.1, -0.05) is 18.2 Å². The van der Waals surface area contributed by atoms with Gasteiger partial charge < -0.3 is 4.74 Å². The molecule has 2 nitrogen and oxygen atoms in total. The van der Waals surface area contributed by atoms with Crippen molar-refractivity contribution in [3.63, 3.8) is 0 Å². The summed E-state index contributed by atoms with van der Waals surface area (Å²) in [5.41, 5.74) is 2.16. The molecule has 0 fully saturated rings. The summed E-state index contributed by atoms with van der Waals surface area (Å²) >= 11 is 1.60. The fraction of sp³-hybridized carbons (Fsp3) is 0.0625. The summed E-state index contributed by atoms with van der Waals surface area (Å²) < 4.78 is 11.1. The lowest BCUT2D eigenvalue weighted by molar-refractivity contribution is 0.415. The van der Waals surface area contributed by atoms with Crippen LogP contribution in [0.2, 0.25) is 0 Å². The predicted molar refractivity (Wildman–Crippen MR) is 78.4 cm³/mol. The molecule has 0 saturated carbocycles. The lowest BCUT2D eigenvalue weighted by Crippen LogP contribution is -1.81. The van der Waals surface area contributed by atoms with Gasteiger partial charge in [0.2, 0.25) is 0 Å². The molecule has 0 aliphatic heterocycles. The van der Waals surface area contributed by atoms with Gasteiger partial charge in [0.1, 0.15) is 11.1 Å². The topological polar surface area (TPSA) is 20.5 Å². The van der Waals surface area contributed by atoms with E-state index in [2.05, 4.69) is 0 Å². The zero-order valence-corrected chi connectivity index (χ0v) is 11.3. The van der Waals surface area contributed by atoms with Crippen molar-refractivity contribution in [2.24, 2.45) is 0 Å². The number of hydrogen-bond donors (Lipinski definition) is 0. The zero-order chi connectivity index (χ0) is 13.1. The second-order valence-electron chi connectivity index (χ2n) is 4.08. The molecule has 0 unspecified atom stereocenters. The molecule has 1 aromatic heterocycles. The standard InChI is InChI=1S/C16H13O2S/c1-17-14-9-7-13(8-10-14)16-18-15(11-19-16)12-5-3-2-4-6-12/h2-11H,1H3/q+1. The SMILES string of the molecule is COc1ccc(-c2[o+]c(-c3ccccc3)cs2)cc1. The molecular formula is C16H13O2S+. The molecule has 0 saturated heterocycles. The van der Waals surface area contributed by atoms with Gasteiger partial charge in [0.25, 0.3) is 0 Å². The summed E-state index contributed by atoms with van der Waals surface area (Å²) in [6.07, 6.45) is 0. The van der Waals surface area contributed by atoms with Gasteiger partial charge in [-0.15, -0.1) is 0 Å². The highest BCUT2D eigenvalue weighted by Crippen LogP contribution is 2.33. The predicted octanol–water partition coefficient (Wildman–Crippen LogP) is 4.96. The minimum absolute atomic E-state index is 0.851. The quantitative estimate of drug-likeness (QED) is 0.626. The number of benzene rings is 2. The first kappa shape index (κ1) is 11.9. The second kappa shape index (κ2) is 5.24. The fourth-order valence-corrected chi connectivity index (χ4v) is 2.65. The van der Waals surface area contributed by atoms with Crippen molar-refractivity contribution in [3.8, 4) is 27.7 Å². The highest BCUT2D eigenvalue weighted by atomic mass is 32.1. The lowest BCUT2D eigenvalue weighted by atomic mass is 10.2. The number of ether oxygens (including phenoxy) is 1. The average molecular weight is 269 g/mol. The minimum Gasteiger partial charge on any atom is -0.497 e. The maximum absolute atomic E-state index is 5.91. The Balaban J connectivity index is 1.92. The van der Waals surface area contributed by atoms with E-state index in [0.717, 1.165) is 27.7 Å². The van der Waals surface area contributed by atoms with E-state index in [4.69, 9.17) is 9.15 Å². The van der Waals surface area contributed by atoms with Crippen molar-refractivity contribution in [3.05, 3.63) is 60.0 Å². The van der Waals surface area contributed by atoms with Crippen molar-refractivity contribution in [1.82, 2.24) is 0 Å². The Morgan fingerprint density at radius 3 is 2.32 bits per heavy atom. The van der Waals surface area contributed by atoms with E-state index in [1.807, 2.05) is 60.0 Å². The van der Waals surface area contributed by atoms with Crippen LogP contribution in [0.15, 0.2) is 64.4 Å². The Hall–Kier alpha value is -2.13. The maximum Gasteiger partial charge on any atom is 0.417 e. The Labute approximate surface area is 115 Å². The molecule has 0 aliphatic rings. The summed E-state index contributed by atoms with van der Waals surface area (Å²) in [6.45, 7) is 0. The normalized spacial score (nSPS) is 10.4. The van der Waals surface area contributed by atoms with Crippen molar-refractivity contribution in [2.75, 3.05) is 7.11 Å². The van der Waals surface area contributed by atoms with Gasteiger partial charge in [-0.2, -0.15) is 4.42 Å². The summed E-state index contributed by atoms with van der Waals surface area (Å²) in [5.74, 6) is 1.75. The summed E-state index contributed by atoms with van der Waals surface area (Å²) in [5, 5.41) is 2.94. The molecule has 0 atom stereocenters.